The second-order valence-corrected chi connectivity index (χ2v) is 5.58. The van der Waals surface area contributed by atoms with Gasteiger partial charge >= 0.3 is 0 Å². The quantitative estimate of drug-likeness (QED) is 0.723. The Morgan fingerprint density at radius 1 is 1.08 bits per heavy atom. The second-order valence-electron chi connectivity index (χ2n) is 5.58. The standard InChI is InChI=1S/C20H23NO4/c1-14-5-6-16(15(2)22)20(13-14)25-19-7-10-21-18(9-12-24-4)17(19)8-11-23-3/h5-10,13H,11-12H2,1-4H3/b17-8+,18-9+. The number of aryl methyl sites for hydroxylation is 1. The summed E-state index contributed by atoms with van der Waals surface area (Å²) in [5, 5.41) is 1.55. The minimum Gasteiger partial charge on any atom is -0.456 e. The Kier molecular flexibility index (Phi) is 6.86. The summed E-state index contributed by atoms with van der Waals surface area (Å²) >= 11 is 0. The first-order chi connectivity index (χ1) is 12.1. The van der Waals surface area contributed by atoms with E-state index in [-0.39, 0.29) is 5.78 Å². The molecule has 0 fully saturated rings. The molecule has 0 bridgehead atoms. The first-order valence-corrected chi connectivity index (χ1v) is 7.99. The van der Waals surface area contributed by atoms with Crippen molar-refractivity contribution < 1.29 is 19.0 Å². The van der Waals surface area contributed by atoms with Crippen LogP contribution >= 0.6 is 0 Å². The van der Waals surface area contributed by atoms with Gasteiger partial charge < -0.3 is 14.2 Å². The lowest BCUT2D eigenvalue weighted by atomic mass is 10.1. The Morgan fingerprint density at radius 3 is 2.48 bits per heavy atom. The van der Waals surface area contributed by atoms with Crippen LogP contribution in [0.5, 0.6) is 11.5 Å². The van der Waals surface area contributed by atoms with Crippen molar-refractivity contribution in [1.29, 1.82) is 0 Å². The predicted molar refractivity (Wildman–Crippen MR) is 97.4 cm³/mol. The summed E-state index contributed by atoms with van der Waals surface area (Å²) < 4.78 is 16.3. The first-order valence-electron chi connectivity index (χ1n) is 7.99. The molecular weight excluding hydrogens is 318 g/mol. The molecule has 132 valence electrons. The van der Waals surface area contributed by atoms with Crippen molar-refractivity contribution >= 4 is 17.9 Å². The van der Waals surface area contributed by atoms with E-state index in [9.17, 15) is 4.79 Å². The van der Waals surface area contributed by atoms with E-state index in [1.807, 2.05) is 31.2 Å². The molecular formula is C20H23NO4. The van der Waals surface area contributed by atoms with Crippen molar-refractivity contribution in [3.63, 3.8) is 0 Å². The zero-order chi connectivity index (χ0) is 18.2. The van der Waals surface area contributed by atoms with E-state index in [1.165, 1.54) is 6.92 Å². The fraction of sp³-hybridized carbons (Fsp3) is 0.300. The third-order valence-electron chi connectivity index (χ3n) is 3.61. The van der Waals surface area contributed by atoms with Gasteiger partial charge in [-0.2, -0.15) is 0 Å². The van der Waals surface area contributed by atoms with Gasteiger partial charge in [0.05, 0.1) is 24.1 Å². The molecule has 0 aliphatic heterocycles. The van der Waals surface area contributed by atoms with E-state index < -0.39 is 0 Å². The number of ether oxygens (including phenoxy) is 3. The monoisotopic (exact) mass is 341 g/mol. The molecule has 25 heavy (non-hydrogen) atoms. The number of hydrogen-bond donors (Lipinski definition) is 0. The van der Waals surface area contributed by atoms with E-state index in [2.05, 4.69) is 4.98 Å². The average Bonchev–Trinajstić information content (AvgIpc) is 2.59. The number of methoxy groups -OCH3 is 2. The maximum absolute atomic E-state index is 11.9. The Balaban J connectivity index is 2.57. The number of Topliss-reactive ketones (excluding diaryl/α,β-unsaturated/α-hetero) is 1. The molecule has 5 heteroatoms. The Hall–Kier alpha value is -2.50. The normalized spacial score (nSPS) is 12.5. The highest BCUT2D eigenvalue weighted by atomic mass is 16.5. The van der Waals surface area contributed by atoms with Crippen molar-refractivity contribution in [3.05, 3.63) is 52.2 Å². The number of carbonyl (C=O) groups excluding carboxylic acids is 1. The number of rotatable bonds is 7. The zero-order valence-corrected chi connectivity index (χ0v) is 15.0. The largest absolute Gasteiger partial charge is 0.456 e. The lowest BCUT2D eigenvalue weighted by molar-refractivity contribution is 0.101. The van der Waals surface area contributed by atoms with Crippen LogP contribution in [-0.4, -0.2) is 38.2 Å². The molecule has 0 radical (unpaired) electrons. The summed E-state index contributed by atoms with van der Waals surface area (Å²) in [4.78, 5) is 16.3. The van der Waals surface area contributed by atoms with Crippen LogP contribution in [0, 0.1) is 6.92 Å². The van der Waals surface area contributed by atoms with Crippen LogP contribution in [0.1, 0.15) is 22.8 Å². The van der Waals surface area contributed by atoms with Gasteiger partial charge in [0.25, 0.3) is 0 Å². The fourth-order valence-electron chi connectivity index (χ4n) is 2.38. The number of aromatic nitrogens is 1. The van der Waals surface area contributed by atoms with Crippen molar-refractivity contribution in [3.8, 4) is 11.5 Å². The maximum Gasteiger partial charge on any atom is 0.163 e. The number of ketones is 1. The van der Waals surface area contributed by atoms with E-state index >= 15 is 0 Å². The molecule has 0 aliphatic rings. The van der Waals surface area contributed by atoms with Crippen LogP contribution < -0.4 is 15.3 Å². The topological polar surface area (TPSA) is 57.7 Å². The van der Waals surface area contributed by atoms with Crippen molar-refractivity contribution in [1.82, 2.24) is 4.98 Å². The Bertz CT molecular complexity index is 858. The molecule has 0 aliphatic carbocycles. The van der Waals surface area contributed by atoms with Crippen molar-refractivity contribution in [2.75, 3.05) is 27.4 Å². The SMILES string of the molecule is COC/C=c1/nccc(Oc2cc(C)ccc2C(C)=O)/c1=C/COC. The summed E-state index contributed by atoms with van der Waals surface area (Å²) in [5.41, 5.74) is 1.56. The lowest BCUT2D eigenvalue weighted by Crippen LogP contribution is -2.30. The molecule has 0 N–H and O–H groups in total. The molecule has 0 saturated carbocycles. The molecule has 2 rings (SSSR count). The number of carbonyl (C=O) groups is 1. The van der Waals surface area contributed by atoms with Gasteiger partial charge in [-0.25, -0.2) is 0 Å². The highest BCUT2D eigenvalue weighted by Gasteiger charge is 2.11. The Morgan fingerprint density at radius 2 is 1.80 bits per heavy atom. The van der Waals surface area contributed by atoms with Gasteiger partial charge in [0.15, 0.2) is 5.78 Å². The zero-order valence-electron chi connectivity index (χ0n) is 15.0. The Labute approximate surface area is 147 Å². The van der Waals surface area contributed by atoms with Gasteiger partial charge in [-0.1, -0.05) is 6.07 Å². The maximum atomic E-state index is 11.9. The van der Waals surface area contributed by atoms with Gasteiger partial charge in [0.1, 0.15) is 11.5 Å². The van der Waals surface area contributed by atoms with E-state index in [1.54, 1.807) is 32.5 Å². The highest BCUT2D eigenvalue weighted by Crippen LogP contribution is 2.24. The summed E-state index contributed by atoms with van der Waals surface area (Å²) in [5.74, 6) is 1.10. The van der Waals surface area contributed by atoms with Gasteiger partial charge in [-0.3, -0.25) is 9.78 Å². The number of benzene rings is 1. The smallest absolute Gasteiger partial charge is 0.163 e. The minimum atomic E-state index is -0.0438. The van der Waals surface area contributed by atoms with E-state index in [4.69, 9.17) is 14.2 Å². The molecule has 1 aromatic heterocycles. The van der Waals surface area contributed by atoms with Crippen LogP contribution in [0.2, 0.25) is 0 Å². The summed E-state index contributed by atoms with van der Waals surface area (Å²) in [6.07, 6.45) is 5.44. The van der Waals surface area contributed by atoms with Crippen LogP contribution in [0.25, 0.3) is 12.2 Å². The first kappa shape index (κ1) is 18.8. The number of pyridine rings is 1. The van der Waals surface area contributed by atoms with Crippen molar-refractivity contribution in [2.45, 2.75) is 13.8 Å². The number of hydrogen-bond acceptors (Lipinski definition) is 5. The van der Waals surface area contributed by atoms with Crippen LogP contribution in [0.15, 0.2) is 30.5 Å². The summed E-state index contributed by atoms with van der Waals surface area (Å²) in [6.45, 7) is 4.34. The van der Waals surface area contributed by atoms with Crippen LogP contribution in [0.3, 0.4) is 0 Å². The predicted octanol–water partition coefficient (Wildman–Crippen LogP) is 2.24. The molecule has 0 saturated heterocycles. The third kappa shape index (κ3) is 4.98. The minimum absolute atomic E-state index is 0.0438. The van der Waals surface area contributed by atoms with Gasteiger partial charge in [0.2, 0.25) is 0 Å². The molecule has 1 heterocycles. The average molecular weight is 341 g/mol. The van der Waals surface area contributed by atoms with Gasteiger partial charge in [0, 0.05) is 25.6 Å². The molecule has 1 aromatic carbocycles. The summed E-state index contributed by atoms with van der Waals surface area (Å²) in [6, 6.07) is 7.31. The van der Waals surface area contributed by atoms with E-state index in [0.717, 1.165) is 16.1 Å². The lowest BCUT2D eigenvalue weighted by Gasteiger charge is -2.11. The third-order valence-corrected chi connectivity index (χ3v) is 3.61. The molecule has 0 amide bonds. The van der Waals surface area contributed by atoms with Crippen molar-refractivity contribution in [2.24, 2.45) is 0 Å². The van der Waals surface area contributed by atoms with Crippen LogP contribution in [0.4, 0.5) is 0 Å². The van der Waals surface area contributed by atoms with Gasteiger partial charge in [-0.05, 0) is 49.8 Å². The molecule has 2 aromatic rings. The fourth-order valence-corrected chi connectivity index (χ4v) is 2.38. The molecule has 0 atom stereocenters. The highest BCUT2D eigenvalue weighted by molar-refractivity contribution is 5.97. The number of nitrogens with zero attached hydrogens (tertiary/aromatic N) is 1. The van der Waals surface area contributed by atoms with Gasteiger partial charge in [-0.15, -0.1) is 0 Å². The molecule has 0 unspecified atom stereocenters. The summed E-state index contributed by atoms with van der Waals surface area (Å²) in [7, 11) is 3.25. The molecule has 0 spiro atoms. The second kappa shape index (κ2) is 9.11. The van der Waals surface area contributed by atoms with Crippen LogP contribution in [-0.2, 0) is 9.47 Å². The molecule has 5 nitrogen and oxygen atoms in total. The van der Waals surface area contributed by atoms with E-state index in [0.29, 0.717) is 30.3 Å².